The van der Waals surface area contributed by atoms with E-state index in [2.05, 4.69) is 44.4 Å². The number of guanidine groups is 1. The molecule has 0 atom stereocenters. The van der Waals surface area contributed by atoms with Crippen molar-refractivity contribution in [1.82, 2.24) is 25.6 Å². The average molecular weight is 380 g/mol. The molecule has 2 N–H and O–H groups in total. The van der Waals surface area contributed by atoms with Crippen LogP contribution in [-0.4, -0.2) is 86.9 Å². The summed E-state index contributed by atoms with van der Waals surface area (Å²) >= 11 is 0. The van der Waals surface area contributed by atoms with E-state index in [0.717, 1.165) is 43.6 Å². The maximum atomic E-state index is 11.9. The predicted octanol–water partition coefficient (Wildman–Crippen LogP) is 0.254. The first-order valence-electron chi connectivity index (χ1n) is 9.42. The van der Waals surface area contributed by atoms with Crippen molar-refractivity contribution in [2.24, 2.45) is 4.99 Å². The number of ether oxygens (including phenoxy) is 1. The fourth-order valence-corrected chi connectivity index (χ4v) is 2.85. The predicted molar refractivity (Wildman–Crippen MR) is 104 cm³/mol. The first kappa shape index (κ1) is 21.2. The zero-order valence-electron chi connectivity index (χ0n) is 16.8. The lowest BCUT2D eigenvalue weighted by atomic mass is 10.1. The van der Waals surface area contributed by atoms with Gasteiger partial charge in [-0.15, -0.1) is 0 Å². The Hall–Kier alpha value is -2.13. The standard InChI is InChI=1S/C18H32N6O3/c1-14(2)16-11-15(27-22-16)12-21-18(19-3)24-8-6-23(7-9-24)13-17(25)20-5-10-26-4/h11,14H,5-10,12-13H2,1-4H3,(H,19,21)(H,20,25). The lowest BCUT2D eigenvalue weighted by Crippen LogP contribution is -2.54. The van der Waals surface area contributed by atoms with E-state index in [4.69, 9.17) is 9.26 Å². The van der Waals surface area contributed by atoms with Crippen molar-refractivity contribution in [2.75, 3.05) is 60.0 Å². The summed E-state index contributed by atoms with van der Waals surface area (Å²) in [6.45, 7) is 9.50. The molecule has 1 aliphatic heterocycles. The summed E-state index contributed by atoms with van der Waals surface area (Å²) in [6, 6.07) is 1.98. The van der Waals surface area contributed by atoms with E-state index in [0.29, 0.717) is 32.2 Å². The second kappa shape index (κ2) is 10.9. The van der Waals surface area contributed by atoms with Crippen LogP contribution < -0.4 is 10.6 Å². The molecule has 1 aromatic rings. The minimum atomic E-state index is 0.0364. The van der Waals surface area contributed by atoms with Crippen LogP contribution in [0.25, 0.3) is 0 Å². The molecule has 1 amide bonds. The van der Waals surface area contributed by atoms with Gasteiger partial charge in [-0.1, -0.05) is 19.0 Å². The lowest BCUT2D eigenvalue weighted by Gasteiger charge is -2.36. The summed E-state index contributed by atoms with van der Waals surface area (Å²) in [5, 5.41) is 10.3. The van der Waals surface area contributed by atoms with Gasteiger partial charge in [0.05, 0.1) is 25.4 Å². The number of carbonyl (C=O) groups excluding carboxylic acids is 1. The topological polar surface area (TPSA) is 95.2 Å². The number of methoxy groups -OCH3 is 1. The molecule has 0 radical (unpaired) electrons. The highest BCUT2D eigenvalue weighted by atomic mass is 16.5. The number of hydrogen-bond acceptors (Lipinski definition) is 6. The second-order valence-electron chi connectivity index (χ2n) is 6.88. The summed E-state index contributed by atoms with van der Waals surface area (Å²) in [7, 11) is 3.40. The van der Waals surface area contributed by atoms with Gasteiger partial charge in [0.1, 0.15) is 0 Å². The molecule has 1 aliphatic rings. The molecule has 27 heavy (non-hydrogen) atoms. The highest BCUT2D eigenvalue weighted by Crippen LogP contribution is 2.14. The van der Waals surface area contributed by atoms with Crippen LogP contribution in [0, 0.1) is 0 Å². The van der Waals surface area contributed by atoms with Crippen molar-refractivity contribution >= 4 is 11.9 Å². The molecule has 0 unspecified atom stereocenters. The number of aliphatic imine (C=N–C) groups is 1. The molecule has 0 aromatic carbocycles. The number of piperazine rings is 1. The molecule has 1 fully saturated rings. The van der Waals surface area contributed by atoms with E-state index >= 15 is 0 Å². The Balaban J connectivity index is 1.73. The van der Waals surface area contributed by atoms with E-state index in [-0.39, 0.29) is 5.91 Å². The Morgan fingerprint density at radius 1 is 1.33 bits per heavy atom. The average Bonchev–Trinajstić information content (AvgIpc) is 3.13. The third-order valence-electron chi connectivity index (χ3n) is 4.47. The number of nitrogens with one attached hydrogen (secondary N) is 2. The Kier molecular flexibility index (Phi) is 8.53. The van der Waals surface area contributed by atoms with E-state index in [9.17, 15) is 4.79 Å². The van der Waals surface area contributed by atoms with Crippen LogP contribution >= 0.6 is 0 Å². The summed E-state index contributed by atoms with van der Waals surface area (Å²) < 4.78 is 10.3. The van der Waals surface area contributed by atoms with Gasteiger partial charge in [0.25, 0.3) is 0 Å². The molecular formula is C18H32N6O3. The highest BCUT2D eigenvalue weighted by molar-refractivity contribution is 5.80. The maximum absolute atomic E-state index is 11.9. The number of nitrogens with zero attached hydrogens (tertiary/aromatic N) is 4. The molecule has 0 bridgehead atoms. The summed E-state index contributed by atoms with van der Waals surface area (Å²) in [5.74, 6) is 2.02. The number of amides is 1. The normalized spacial score (nSPS) is 16.0. The van der Waals surface area contributed by atoms with Crippen LogP contribution in [-0.2, 0) is 16.1 Å². The van der Waals surface area contributed by atoms with Crippen LogP contribution in [0.2, 0.25) is 0 Å². The zero-order valence-corrected chi connectivity index (χ0v) is 16.8. The van der Waals surface area contributed by atoms with E-state index in [1.165, 1.54) is 0 Å². The van der Waals surface area contributed by atoms with Gasteiger partial charge in [-0.05, 0) is 5.92 Å². The quantitative estimate of drug-likeness (QED) is 0.379. The molecule has 2 rings (SSSR count). The molecule has 1 aromatic heterocycles. The van der Waals surface area contributed by atoms with E-state index in [1.807, 2.05) is 6.07 Å². The zero-order chi connectivity index (χ0) is 19.6. The Morgan fingerprint density at radius 2 is 2.07 bits per heavy atom. The van der Waals surface area contributed by atoms with Gasteiger partial charge < -0.3 is 24.8 Å². The number of carbonyl (C=O) groups is 1. The molecule has 0 spiro atoms. The van der Waals surface area contributed by atoms with Gasteiger partial charge in [-0.25, -0.2) is 0 Å². The molecular weight excluding hydrogens is 348 g/mol. The van der Waals surface area contributed by atoms with Crippen molar-refractivity contribution in [1.29, 1.82) is 0 Å². The van der Waals surface area contributed by atoms with Gasteiger partial charge >= 0.3 is 0 Å². The highest BCUT2D eigenvalue weighted by Gasteiger charge is 2.21. The van der Waals surface area contributed by atoms with E-state index in [1.54, 1.807) is 14.2 Å². The fourth-order valence-electron chi connectivity index (χ4n) is 2.85. The van der Waals surface area contributed by atoms with Crippen molar-refractivity contribution in [3.8, 4) is 0 Å². The van der Waals surface area contributed by atoms with Crippen LogP contribution in [0.4, 0.5) is 0 Å². The Labute approximate surface area is 161 Å². The molecule has 1 saturated heterocycles. The minimum Gasteiger partial charge on any atom is -0.383 e. The minimum absolute atomic E-state index is 0.0364. The first-order valence-corrected chi connectivity index (χ1v) is 9.42. The monoisotopic (exact) mass is 380 g/mol. The molecule has 0 saturated carbocycles. The molecule has 0 aliphatic carbocycles. The molecule has 9 heteroatoms. The van der Waals surface area contributed by atoms with Gasteiger partial charge in [-0.2, -0.15) is 0 Å². The largest absolute Gasteiger partial charge is 0.383 e. The van der Waals surface area contributed by atoms with Crippen molar-refractivity contribution in [3.05, 3.63) is 17.5 Å². The number of aromatic nitrogens is 1. The van der Waals surface area contributed by atoms with E-state index < -0.39 is 0 Å². The van der Waals surface area contributed by atoms with Crippen molar-refractivity contribution in [2.45, 2.75) is 26.3 Å². The molecule has 152 valence electrons. The summed E-state index contributed by atoms with van der Waals surface area (Å²) in [5.41, 5.74) is 0.958. The fraction of sp³-hybridized carbons (Fsp3) is 0.722. The van der Waals surface area contributed by atoms with Gasteiger partial charge in [0.2, 0.25) is 5.91 Å². The van der Waals surface area contributed by atoms with Crippen LogP contribution in [0.1, 0.15) is 31.2 Å². The third kappa shape index (κ3) is 6.84. The van der Waals surface area contributed by atoms with Crippen LogP contribution in [0.15, 0.2) is 15.6 Å². The first-order chi connectivity index (χ1) is 13.0. The van der Waals surface area contributed by atoms with Gasteiger partial charge in [-0.3, -0.25) is 14.7 Å². The van der Waals surface area contributed by atoms with Crippen molar-refractivity contribution in [3.63, 3.8) is 0 Å². The van der Waals surface area contributed by atoms with Crippen LogP contribution in [0.5, 0.6) is 0 Å². The Bertz CT molecular complexity index is 608. The number of hydrogen-bond donors (Lipinski definition) is 2. The second-order valence-corrected chi connectivity index (χ2v) is 6.88. The van der Waals surface area contributed by atoms with Gasteiger partial charge in [0.15, 0.2) is 11.7 Å². The van der Waals surface area contributed by atoms with Crippen molar-refractivity contribution < 1.29 is 14.1 Å². The summed E-state index contributed by atoms with van der Waals surface area (Å²) in [4.78, 5) is 20.6. The third-order valence-corrected chi connectivity index (χ3v) is 4.47. The SMILES string of the molecule is CN=C(NCc1cc(C(C)C)no1)N1CCN(CC(=O)NCCOC)CC1. The van der Waals surface area contributed by atoms with Gasteiger partial charge in [0, 0.05) is 52.9 Å². The van der Waals surface area contributed by atoms with Crippen LogP contribution in [0.3, 0.4) is 0 Å². The summed E-state index contributed by atoms with van der Waals surface area (Å²) in [6.07, 6.45) is 0. The number of rotatable bonds is 8. The molecule has 2 heterocycles. The molecule has 9 nitrogen and oxygen atoms in total. The lowest BCUT2D eigenvalue weighted by molar-refractivity contribution is -0.122. The Morgan fingerprint density at radius 3 is 2.67 bits per heavy atom. The maximum Gasteiger partial charge on any atom is 0.234 e. The smallest absolute Gasteiger partial charge is 0.234 e.